The molecule has 1 amide bonds. The summed E-state index contributed by atoms with van der Waals surface area (Å²) in [6.45, 7) is 4.79. The number of nitrogens with zero attached hydrogens (tertiary/aromatic N) is 3. The van der Waals surface area contributed by atoms with Crippen molar-refractivity contribution in [3.63, 3.8) is 0 Å². The summed E-state index contributed by atoms with van der Waals surface area (Å²) in [6, 6.07) is 7.62. The van der Waals surface area contributed by atoms with Crippen molar-refractivity contribution in [2.45, 2.75) is 45.2 Å². The van der Waals surface area contributed by atoms with Gasteiger partial charge in [0.2, 0.25) is 5.91 Å². The molecule has 7 nitrogen and oxygen atoms in total. The van der Waals surface area contributed by atoms with Gasteiger partial charge in [0, 0.05) is 50.1 Å². The van der Waals surface area contributed by atoms with E-state index in [1.165, 1.54) is 19.4 Å². The van der Waals surface area contributed by atoms with Crippen LogP contribution < -0.4 is 14.8 Å². The van der Waals surface area contributed by atoms with Crippen LogP contribution in [-0.2, 0) is 17.9 Å². The predicted octanol–water partition coefficient (Wildman–Crippen LogP) is 3.10. The van der Waals surface area contributed by atoms with Crippen molar-refractivity contribution in [2.24, 2.45) is 5.92 Å². The number of benzene rings is 1. The molecular weight excluding hydrogens is 380 g/mol. The summed E-state index contributed by atoms with van der Waals surface area (Å²) >= 11 is 0. The standard InChI is InChI=1S/C23H34N4O3/c1-29-21-9-8-20(22(16-21)30-2)17-24-23(28)10-7-19-6-3-12-26(18-19)13-5-15-27-14-4-11-25-27/h4,8-9,11,14,16,19H,3,5-7,10,12-13,15,17-18H2,1-2H3,(H,24,28)/t19-/m0/s1. The Morgan fingerprint density at radius 3 is 2.93 bits per heavy atom. The third-order valence-electron chi connectivity index (χ3n) is 5.77. The van der Waals surface area contributed by atoms with Gasteiger partial charge in [-0.1, -0.05) is 0 Å². The number of carbonyl (C=O) groups is 1. The number of aryl methyl sites for hydroxylation is 1. The van der Waals surface area contributed by atoms with Crippen LogP contribution in [0.15, 0.2) is 36.7 Å². The highest BCUT2D eigenvalue weighted by Crippen LogP contribution is 2.25. The second-order valence-corrected chi connectivity index (χ2v) is 7.92. The van der Waals surface area contributed by atoms with Gasteiger partial charge in [0.1, 0.15) is 11.5 Å². The normalized spacial score (nSPS) is 16.9. The molecule has 1 aliphatic heterocycles. The topological polar surface area (TPSA) is 68.6 Å². The average Bonchev–Trinajstić information content (AvgIpc) is 3.30. The highest BCUT2D eigenvalue weighted by Gasteiger charge is 2.20. The Labute approximate surface area is 179 Å². The van der Waals surface area contributed by atoms with Gasteiger partial charge in [-0.05, 0) is 62.9 Å². The minimum atomic E-state index is 0.101. The number of hydrogen-bond donors (Lipinski definition) is 1. The SMILES string of the molecule is COc1ccc(CNC(=O)CC[C@@H]2CCCN(CCCn3cccn3)C2)c(OC)c1. The van der Waals surface area contributed by atoms with Crippen molar-refractivity contribution in [1.29, 1.82) is 0 Å². The van der Waals surface area contributed by atoms with Crippen LogP contribution in [0.4, 0.5) is 0 Å². The Morgan fingerprint density at radius 2 is 2.17 bits per heavy atom. The van der Waals surface area contributed by atoms with Crippen LogP contribution in [0.25, 0.3) is 0 Å². The van der Waals surface area contributed by atoms with Crippen molar-refractivity contribution in [1.82, 2.24) is 20.0 Å². The van der Waals surface area contributed by atoms with Crippen LogP contribution in [0.3, 0.4) is 0 Å². The Hall–Kier alpha value is -2.54. The summed E-state index contributed by atoms with van der Waals surface area (Å²) in [5.74, 6) is 2.18. The molecule has 0 aliphatic carbocycles. The van der Waals surface area contributed by atoms with E-state index in [4.69, 9.17) is 9.47 Å². The van der Waals surface area contributed by atoms with E-state index in [2.05, 4.69) is 15.3 Å². The van der Waals surface area contributed by atoms with E-state index in [0.717, 1.165) is 49.5 Å². The fourth-order valence-electron chi connectivity index (χ4n) is 4.09. The predicted molar refractivity (Wildman–Crippen MR) is 117 cm³/mol. The number of aromatic nitrogens is 2. The second-order valence-electron chi connectivity index (χ2n) is 7.92. The van der Waals surface area contributed by atoms with E-state index < -0.39 is 0 Å². The van der Waals surface area contributed by atoms with Crippen LogP contribution in [0.1, 0.15) is 37.7 Å². The molecule has 0 radical (unpaired) electrons. The molecule has 1 atom stereocenters. The number of rotatable bonds is 11. The fraction of sp³-hybridized carbons (Fsp3) is 0.565. The summed E-state index contributed by atoms with van der Waals surface area (Å²) in [5.41, 5.74) is 0.952. The maximum absolute atomic E-state index is 12.4. The lowest BCUT2D eigenvalue weighted by Crippen LogP contribution is -2.37. The monoisotopic (exact) mass is 414 g/mol. The maximum Gasteiger partial charge on any atom is 0.220 e. The van der Waals surface area contributed by atoms with Gasteiger partial charge in [0.05, 0.1) is 14.2 Å². The molecule has 1 N–H and O–H groups in total. The Bertz CT molecular complexity index is 779. The van der Waals surface area contributed by atoms with Gasteiger partial charge in [-0.15, -0.1) is 0 Å². The average molecular weight is 415 g/mol. The Morgan fingerprint density at radius 1 is 1.27 bits per heavy atom. The van der Waals surface area contributed by atoms with E-state index in [-0.39, 0.29) is 5.91 Å². The molecule has 164 valence electrons. The van der Waals surface area contributed by atoms with Crippen molar-refractivity contribution in [3.8, 4) is 11.5 Å². The highest BCUT2D eigenvalue weighted by atomic mass is 16.5. The largest absolute Gasteiger partial charge is 0.497 e. The molecule has 2 aromatic rings. The molecule has 2 heterocycles. The molecule has 30 heavy (non-hydrogen) atoms. The summed E-state index contributed by atoms with van der Waals surface area (Å²) < 4.78 is 12.6. The lowest BCUT2D eigenvalue weighted by Gasteiger charge is -2.32. The summed E-state index contributed by atoms with van der Waals surface area (Å²) in [5, 5.41) is 7.29. The molecule has 7 heteroatoms. The molecule has 1 aliphatic rings. The Kier molecular flexibility index (Phi) is 8.56. The number of amides is 1. The first-order valence-corrected chi connectivity index (χ1v) is 10.9. The Balaban J connectivity index is 1.36. The van der Waals surface area contributed by atoms with Crippen LogP contribution >= 0.6 is 0 Å². The number of likely N-dealkylation sites (tertiary alicyclic amines) is 1. The third kappa shape index (κ3) is 6.76. The molecule has 0 unspecified atom stereocenters. The molecule has 3 rings (SSSR count). The zero-order valence-electron chi connectivity index (χ0n) is 18.2. The van der Waals surface area contributed by atoms with E-state index in [1.54, 1.807) is 14.2 Å². The van der Waals surface area contributed by atoms with Gasteiger partial charge in [0.15, 0.2) is 0 Å². The quantitative estimate of drug-likeness (QED) is 0.612. The number of ether oxygens (including phenoxy) is 2. The maximum atomic E-state index is 12.4. The summed E-state index contributed by atoms with van der Waals surface area (Å²) in [7, 11) is 3.26. The molecular formula is C23H34N4O3. The molecule has 1 aromatic heterocycles. The minimum absolute atomic E-state index is 0.101. The van der Waals surface area contributed by atoms with Gasteiger partial charge in [-0.25, -0.2) is 0 Å². The second kappa shape index (κ2) is 11.6. The molecule has 1 saturated heterocycles. The van der Waals surface area contributed by atoms with E-state index in [0.29, 0.717) is 18.9 Å². The first-order chi connectivity index (χ1) is 14.7. The van der Waals surface area contributed by atoms with Crippen LogP contribution in [0, 0.1) is 5.92 Å². The van der Waals surface area contributed by atoms with Crippen molar-refractivity contribution in [2.75, 3.05) is 33.9 Å². The number of hydrogen-bond acceptors (Lipinski definition) is 5. The fourth-order valence-corrected chi connectivity index (χ4v) is 4.09. The summed E-state index contributed by atoms with van der Waals surface area (Å²) in [6.07, 6.45) is 8.91. The number of nitrogens with one attached hydrogen (secondary N) is 1. The van der Waals surface area contributed by atoms with Gasteiger partial charge in [-0.2, -0.15) is 5.10 Å². The molecule has 0 bridgehead atoms. The zero-order valence-corrected chi connectivity index (χ0v) is 18.2. The molecule has 1 aromatic carbocycles. The van der Waals surface area contributed by atoms with Crippen molar-refractivity contribution >= 4 is 5.91 Å². The number of carbonyl (C=O) groups excluding carboxylic acids is 1. The highest BCUT2D eigenvalue weighted by molar-refractivity contribution is 5.75. The van der Waals surface area contributed by atoms with Crippen molar-refractivity contribution < 1.29 is 14.3 Å². The van der Waals surface area contributed by atoms with Crippen molar-refractivity contribution in [3.05, 3.63) is 42.2 Å². The molecule has 0 spiro atoms. The van der Waals surface area contributed by atoms with Gasteiger partial charge in [-0.3, -0.25) is 9.48 Å². The lowest BCUT2D eigenvalue weighted by molar-refractivity contribution is -0.121. The summed E-state index contributed by atoms with van der Waals surface area (Å²) in [4.78, 5) is 14.9. The van der Waals surface area contributed by atoms with Gasteiger partial charge < -0.3 is 19.7 Å². The smallest absolute Gasteiger partial charge is 0.220 e. The van der Waals surface area contributed by atoms with Crippen LogP contribution in [0.2, 0.25) is 0 Å². The van der Waals surface area contributed by atoms with E-state index >= 15 is 0 Å². The molecule has 0 saturated carbocycles. The minimum Gasteiger partial charge on any atom is -0.497 e. The first-order valence-electron chi connectivity index (χ1n) is 10.9. The van der Waals surface area contributed by atoms with E-state index in [1.807, 2.05) is 41.3 Å². The zero-order chi connectivity index (χ0) is 21.2. The van der Waals surface area contributed by atoms with Gasteiger partial charge in [0.25, 0.3) is 0 Å². The number of methoxy groups -OCH3 is 2. The molecule has 1 fully saturated rings. The van der Waals surface area contributed by atoms with E-state index in [9.17, 15) is 4.79 Å². The lowest BCUT2D eigenvalue weighted by atomic mass is 9.93. The van der Waals surface area contributed by atoms with Gasteiger partial charge >= 0.3 is 0 Å². The number of piperidine rings is 1. The first kappa shape index (κ1) is 22.2. The van der Waals surface area contributed by atoms with Crippen LogP contribution in [-0.4, -0.2) is 54.4 Å². The van der Waals surface area contributed by atoms with Crippen LogP contribution in [0.5, 0.6) is 11.5 Å². The third-order valence-corrected chi connectivity index (χ3v) is 5.77.